The molecular formula is C8H14O3. The molecule has 0 saturated heterocycles. The van der Waals surface area contributed by atoms with Crippen LogP contribution in [-0.2, 0) is 14.3 Å². The van der Waals surface area contributed by atoms with E-state index in [-0.39, 0.29) is 12.1 Å². The smallest absolute Gasteiger partial charge is 0.335 e. The molecule has 1 aliphatic rings. The minimum Gasteiger partial charge on any atom is -0.467 e. The summed E-state index contributed by atoms with van der Waals surface area (Å²) in [5.41, 5.74) is 0. The van der Waals surface area contributed by atoms with Crippen molar-refractivity contribution < 1.29 is 14.3 Å². The van der Waals surface area contributed by atoms with Gasteiger partial charge in [0.1, 0.15) is 0 Å². The van der Waals surface area contributed by atoms with Crippen LogP contribution in [0.4, 0.5) is 0 Å². The van der Waals surface area contributed by atoms with E-state index in [2.05, 4.69) is 4.74 Å². The van der Waals surface area contributed by atoms with Crippen LogP contribution in [-0.4, -0.2) is 26.3 Å². The van der Waals surface area contributed by atoms with E-state index in [1.165, 1.54) is 13.5 Å². The number of hydrogen-bond donors (Lipinski definition) is 0. The van der Waals surface area contributed by atoms with Crippen molar-refractivity contribution in [3.05, 3.63) is 0 Å². The summed E-state index contributed by atoms with van der Waals surface area (Å²) in [6.45, 7) is 0. The van der Waals surface area contributed by atoms with Gasteiger partial charge in [-0.3, -0.25) is 0 Å². The number of carbonyl (C=O) groups is 1. The summed E-state index contributed by atoms with van der Waals surface area (Å²) in [5.74, 6) is 0.157. The normalized spacial score (nSPS) is 20.5. The van der Waals surface area contributed by atoms with Crippen LogP contribution in [0.25, 0.3) is 0 Å². The maximum absolute atomic E-state index is 11.0. The average Bonchev–Trinajstić information content (AvgIpc) is 1.94. The summed E-state index contributed by atoms with van der Waals surface area (Å²) in [6.07, 6.45) is 3.07. The topological polar surface area (TPSA) is 35.5 Å². The van der Waals surface area contributed by atoms with Crippen molar-refractivity contribution in [2.45, 2.75) is 25.4 Å². The predicted molar refractivity (Wildman–Crippen MR) is 40.2 cm³/mol. The molecule has 0 amide bonds. The molecule has 11 heavy (non-hydrogen) atoms. The van der Waals surface area contributed by atoms with Gasteiger partial charge < -0.3 is 9.47 Å². The first kappa shape index (κ1) is 8.53. The third kappa shape index (κ3) is 1.71. The van der Waals surface area contributed by atoms with Crippen LogP contribution in [0.15, 0.2) is 0 Å². The van der Waals surface area contributed by atoms with Crippen LogP contribution >= 0.6 is 0 Å². The van der Waals surface area contributed by atoms with E-state index in [1.807, 2.05) is 0 Å². The number of carbonyl (C=O) groups excluding carboxylic acids is 1. The predicted octanol–water partition coefficient (Wildman–Crippen LogP) is 0.974. The lowest BCUT2D eigenvalue weighted by molar-refractivity contribution is -0.157. The van der Waals surface area contributed by atoms with Crippen molar-refractivity contribution in [3.63, 3.8) is 0 Å². The van der Waals surface area contributed by atoms with Gasteiger partial charge in [0.05, 0.1) is 7.11 Å². The molecule has 0 bridgehead atoms. The molecular weight excluding hydrogens is 144 g/mol. The second-order valence-corrected chi connectivity index (χ2v) is 2.87. The second-order valence-electron chi connectivity index (χ2n) is 2.87. The molecule has 0 aromatic carbocycles. The van der Waals surface area contributed by atoms with Crippen LogP contribution in [0.5, 0.6) is 0 Å². The van der Waals surface area contributed by atoms with Crippen molar-refractivity contribution in [1.29, 1.82) is 0 Å². The Kier molecular flexibility index (Phi) is 2.88. The van der Waals surface area contributed by atoms with Gasteiger partial charge >= 0.3 is 5.97 Å². The van der Waals surface area contributed by atoms with Gasteiger partial charge in [0.15, 0.2) is 6.10 Å². The van der Waals surface area contributed by atoms with E-state index >= 15 is 0 Å². The molecule has 0 spiro atoms. The van der Waals surface area contributed by atoms with Gasteiger partial charge in [-0.25, -0.2) is 4.79 Å². The number of ether oxygens (including phenoxy) is 2. The fraction of sp³-hybridized carbons (Fsp3) is 0.875. The third-order valence-corrected chi connectivity index (χ3v) is 2.27. The zero-order valence-corrected chi connectivity index (χ0v) is 7.00. The molecule has 1 fully saturated rings. The van der Waals surface area contributed by atoms with Crippen molar-refractivity contribution in [3.8, 4) is 0 Å². The molecule has 1 unspecified atom stereocenters. The van der Waals surface area contributed by atoms with Gasteiger partial charge in [-0.1, -0.05) is 6.42 Å². The standard InChI is InChI=1S/C8H14O3/c1-10-7(8(9)11-2)6-4-3-5-6/h6-7H,3-5H2,1-2H3. The first-order valence-electron chi connectivity index (χ1n) is 3.90. The first-order chi connectivity index (χ1) is 5.29. The Labute approximate surface area is 66.7 Å². The van der Waals surface area contributed by atoms with E-state index in [0.29, 0.717) is 5.92 Å². The first-order valence-corrected chi connectivity index (χ1v) is 3.90. The lowest BCUT2D eigenvalue weighted by atomic mass is 9.81. The molecule has 3 heteroatoms. The Hall–Kier alpha value is -0.570. The fourth-order valence-corrected chi connectivity index (χ4v) is 1.34. The molecule has 0 aromatic rings. The fourth-order valence-electron chi connectivity index (χ4n) is 1.34. The quantitative estimate of drug-likeness (QED) is 0.574. The van der Waals surface area contributed by atoms with Gasteiger partial charge in [-0.05, 0) is 18.8 Å². The second kappa shape index (κ2) is 3.72. The van der Waals surface area contributed by atoms with Gasteiger partial charge in [-0.15, -0.1) is 0 Å². The third-order valence-electron chi connectivity index (χ3n) is 2.27. The molecule has 1 saturated carbocycles. The Morgan fingerprint density at radius 2 is 2.09 bits per heavy atom. The maximum Gasteiger partial charge on any atom is 0.335 e. The summed E-state index contributed by atoms with van der Waals surface area (Å²) in [5, 5.41) is 0. The molecule has 1 aliphatic carbocycles. The molecule has 0 radical (unpaired) electrons. The maximum atomic E-state index is 11.0. The molecule has 0 N–H and O–H groups in total. The minimum absolute atomic E-state index is 0.239. The van der Waals surface area contributed by atoms with Crippen LogP contribution in [0.2, 0.25) is 0 Å². The van der Waals surface area contributed by atoms with Crippen LogP contribution in [0, 0.1) is 5.92 Å². The highest BCUT2D eigenvalue weighted by Gasteiger charge is 2.33. The van der Waals surface area contributed by atoms with Gasteiger partial charge in [0.25, 0.3) is 0 Å². The monoisotopic (exact) mass is 158 g/mol. The number of hydrogen-bond acceptors (Lipinski definition) is 3. The van der Waals surface area contributed by atoms with Gasteiger partial charge in [0, 0.05) is 7.11 Å². The number of methoxy groups -OCH3 is 2. The Morgan fingerprint density at radius 1 is 1.45 bits per heavy atom. The highest BCUT2D eigenvalue weighted by molar-refractivity contribution is 5.75. The van der Waals surface area contributed by atoms with Crippen molar-refractivity contribution in [2.24, 2.45) is 5.92 Å². The zero-order chi connectivity index (χ0) is 8.27. The highest BCUT2D eigenvalue weighted by atomic mass is 16.6. The van der Waals surface area contributed by atoms with Gasteiger partial charge in [0.2, 0.25) is 0 Å². The molecule has 64 valence electrons. The molecule has 0 aliphatic heterocycles. The van der Waals surface area contributed by atoms with Gasteiger partial charge in [-0.2, -0.15) is 0 Å². The van der Waals surface area contributed by atoms with Crippen LogP contribution in [0.1, 0.15) is 19.3 Å². The molecule has 0 heterocycles. The van der Waals surface area contributed by atoms with E-state index in [4.69, 9.17) is 4.74 Å². The average molecular weight is 158 g/mol. The summed E-state index contributed by atoms with van der Waals surface area (Å²) >= 11 is 0. The summed E-state index contributed by atoms with van der Waals surface area (Å²) in [7, 11) is 2.95. The summed E-state index contributed by atoms with van der Waals surface area (Å²) in [4.78, 5) is 11.0. The number of rotatable bonds is 3. The Balaban J connectivity index is 2.40. The molecule has 3 nitrogen and oxygen atoms in total. The van der Waals surface area contributed by atoms with Crippen molar-refractivity contribution >= 4 is 5.97 Å². The minimum atomic E-state index is -0.325. The van der Waals surface area contributed by atoms with Crippen LogP contribution < -0.4 is 0 Å². The molecule has 1 atom stereocenters. The lowest BCUT2D eigenvalue weighted by Crippen LogP contribution is -2.36. The SMILES string of the molecule is COC(=O)C(OC)C1CCC1. The van der Waals surface area contributed by atoms with Crippen molar-refractivity contribution in [1.82, 2.24) is 0 Å². The van der Waals surface area contributed by atoms with Crippen molar-refractivity contribution in [2.75, 3.05) is 14.2 Å². The summed E-state index contributed by atoms with van der Waals surface area (Å²) < 4.78 is 9.63. The molecule has 0 aromatic heterocycles. The number of esters is 1. The van der Waals surface area contributed by atoms with E-state index < -0.39 is 0 Å². The molecule has 1 rings (SSSR count). The van der Waals surface area contributed by atoms with E-state index in [1.54, 1.807) is 7.11 Å². The lowest BCUT2D eigenvalue weighted by Gasteiger charge is -2.30. The zero-order valence-electron chi connectivity index (χ0n) is 7.00. The summed E-state index contributed by atoms with van der Waals surface area (Å²) in [6, 6.07) is 0. The van der Waals surface area contributed by atoms with Crippen LogP contribution in [0.3, 0.4) is 0 Å². The Bertz CT molecular complexity index is 140. The largest absolute Gasteiger partial charge is 0.467 e. The van der Waals surface area contributed by atoms with E-state index in [9.17, 15) is 4.79 Å². The Morgan fingerprint density at radius 3 is 2.36 bits per heavy atom. The highest BCUT2D eigenvalue weighted by Crippen LogP contribution is 2.31. The van der Waals surface area contributed by atoms with E-state index in [0.717, 1.165) is 12.8 Å².